The Labute approximate surface area is 88.5 Å². The van der Waals surface area contributed by atoms with Gasteiger partial charge in [-0.25, -0.2) is 0 Å². The molecule has 0 radical (unpaired) electrons. The van der Waals surface area contributed by atoms with Crippen molar-refractivity contribution in [2.45, 2.75) is 5.92 Å². The van der Waals surface area contributed by atoms with Crippen molar-refractivity contribution in [2.24, 2.45) is 5.92 Å². The van der Waals surface area contributed by atoms with E-state index >= 15 is 0 Å². The van der Waals surface area contributed by atoms with Crippen LogP contribution in [0, 0.1) is 5.92 Å². The molecular formula is C8H8N2O6. The summed E-state index contributed by atoms with van der Waals surface area (Å²) in [5.41, 5.74) is -0.137. The fourth-order valence-electron chi connectivity index (χ4n) is 1.28. The van der Waals surface area contributed by atoms with E-state index in [2.05, 4.69) is 10.2 Å². The molecular weight excluding hydrogens is 220 g/mol. The number of aromatic nitrogens is 2. The Morgan fingerprint density at radius 3 is 2.00 bits per heavy atom. The number of aromatic amines is 1. The number of aliphatic carboxylic acids is 3. The van der Waals surface area contributed by atoms with Gasteiger partial charge in [0.15, 0.2) is 5.92 Å². The lowest BCUT2D eigenvalue weighted by molar-refractivity contribution is -0.161. The van der Waals surface area contributed by atoms with Crippen molar-refractivity contribution in [1.29, 1.82) is 0 Å². The fourth-order valence-corrected chi connectivity index (χ4v) is 1.28. The highest BCUT2D eigenvalue weighted by molar-refractivity contribution is 5.99. The molecule has 16 heavy (non-hydrogen) atoms. The van der Waals surface area contributed by atoms with Gasteiger partial charge in [0, 0.05) is 6.20 Å². The third-order valence-corrected chi connectivity index (χ3v) is 1.97. The second-order valence-corrected chi connectivity index (χ2v) is 2.97. The number of carboxylic acid groups (broad SMARTS) is 3. The highest BCUT2D eigenvalue weighted by Gasteiger charge is 2.41. The van der Waals surface area contributed by atoms with Gasteiger partial charge in [-0.05, 0) is 6.07 Å². The van der Waals surface area contributed by atoms with E-state index in [1.165, 1.54) is 12.3 Å². The number of rotatable bonds is 5. The van der Waals surface area contributed by atoms with E-state index in [1.807, 2.05) is 0 Å². The van der Waals surface area contributed by atoms with Crippen LogP contribution in [0.25, 0.3) is 0 Å². The monoisotopic (exact) mass is 228 g/mol. The van der Waals surface area contributed by atoms with Crippen LogP contribution < -0.4 is 0 Å². The third kappa shape index (κ3) is 2.16. The Bertz CT molecular complexity index is 398. The quantitative estimate of drug-likeness (QED) is 0.491. The third-order valence-electron chi connectivity index (χ3n) is 1.97. The molecule has 0 aliphatic heterocycles. The van der Waals surface area contributed by atoms with Crippen molar-refractivity contribution in [1.82, 2.24) is 10.2 Å². The van der Waals surface area contributed by atoms with E-state index in [4.69, 9.17) is 15.3 Å². The maximum Gasteiger partial charge on any atom is 0.319 e. The lowest BCUT2D eigenvalue weighted by Crippen LogP contribution is -2.34. The molecule has 0 fully saturated rings. The number of H-pyrrole nitrogens is 1. The van der Waals surface area contributed by atoms with Crippen LogP contribution in [0.1, 0.15) is 11.6 Å². The molecule has 1 atom stereocenters. The molecule has 0 saturated heterocycles. The minimum absolute atomic E-state index is 0.137. The lowest BCUT2D eigenvalue weighted by Gasteiger charge is -2.14. The van der Waals surface area contributed by atoms with Crippen LogP contribution in [0.2, 0.25) is 0 Å². The van der Waals surface area contributed by atoms with Gasteiger partial charge in [-0.2, -0.15) is 5.10 Å². The Morgan fingerprint density at radius 2 is 1.69 bits per heavy atom. The van der Waals surface area contributed by atoms with Crippen molar-refractivity contribution in [3.63, 3.8) is 0 Å². The zero-order valence-corrected chi connectivity index (χ0v) is 7.82. The molecule has 1 heterocycles. The van der Waals surface area contributed by atoms with Crippen LogP contribution in [-0.2, 0) is 14.4 Å². The minimum atomic E-state index is -2.07. The SMILES string of the molecule is O=C(O)C(C(=O)O)C(C(=O)O)c1cc[nH]n1. The van der Waals surface area contributed by atoms with Gasteiger partial charge < -0.3 is 15.3 Å². The van der Waals surface area contributed by atoms with Gasteiger partial charge in [0.25, 0.3) is 0 Å². The maximum atomic E-state index is 10.9. The second kappa shape index (κ2) is 4.43. The summed E-state index contributed by atoms with van der Waals surface area (Å²) in [6, 6.07) is 1.22. The Morgan fingerprint density at radius 1 is 1.12 bits per heavy atom. The predicted octanol–water partition coefficient (Wildman–Crippen LogP) is -0.637. The van der Waals surface area contributed by atoms with Crippen LogP contribution in [-0.4, -0.2) is 43.4 Å². The highest BCUT2D eigenvalue weighted by Crippen LogP contribution is 2.24. The first kappa shape index (κ1) is 11.7. The van der Waals surface area contributed by atoms with Gasteiger partial charge in [-0.1, -0.05) is 0 Å². The average Bonchev–Trinajstić information content (AvgIpc) is 2.64. The van der Waals surface area contributed by atoms with Gasteiger partial charge in [-0.3, -0.25) is 19.5 Å². The van der Waals surface area contributed by atoms with Crippen LogP contribution >= 0.6 is 0 Å². The molecule has 1 aromatic rings. The predicted molar refractivity (Wildman–Crippen MR) is 47.7 cm³/mol. The minimum Gasteiger partial charge on any atom is -0.481 e. The van der Waals surface area contributed by atoms with Crippen LogP contribution in [0.4, 0.5) is 0 Å². The average molecular weight is 228 g/mol. The number of hydrogen-bond donors (Lipinski definition) is 4. The van der Waals surface area contributed by atoms with E-state index in [-0.39, 0.29) is 5.69 Å². The fraction of sp³-hybridized carbons (Fsp3) is 0.250. The van der Waals surface area contributed by atoms with E-state index in [1.54, 1.807) is 0 Å². The molecule has 8 nitrogen and oxygen atoms in total. The van der Waals surface area contributed by atoms with Crippen LogP contribution in [0.5, 0.6) is 0 Å². The molecule has 1 aromatic heterocycles. The maximum absolute atomic E-state index is 10.9. The molecule has 4 N–H and O–H groups in total. The van der Waals surface area contributed by atoms with Gasteiger partial charge in [-0.15, -0.1) is 0 Å². The summed E-state index contributed by atoms with van der Waals surface area (Å²) in [6.07, 6.45) is 1.28. The molecule has 0 aliphatic carbocycles. The molecule has 0 aliphatic rings. The molecule has 86 valence electrons. The van der Waals surface area contributed by atoms with E-state index in [0.29, 0.717) is 0 Å². The van der Waals surface area contributed by atoms with Crippen LogP contribution in [0.15, 0.2) is 12.3 Å². The van der Waals surface area contributed by atoms with Gasteiger partial charge in [0.2, 0.25) is 0 Å². The van der Waals surface area contributed by atoms with Crippen molar-refractivity contribution < 1.29 is 29.7 Å². The van der Waals surface area contributed by atoms with Gasteiger partial charge >= 0.3 is 17.9 Å². The van der Waals surface area contributed by atoms with Crippen molar-refractivity contribution in [2.75, 3.05) is 0 Å². The standard InChI is InChI=1S/C8H8N2O6/c11-6(12)4(3-1-2-9-10-3)5(7(13)14)8(15)16/h1-2,4-5H,(H,9,10)(H,11,12)(H,13,14)(H,15,16). The summed E-state index contributed by atoms with van der Waals surface area (Å²) in [5, 5.41) is 32.0. The molecule has 8 heteroatoms. The number of nitrogens with zero attached hydrogens (tertiary/aromatic N) is 1. The van der Waals surface area contributed by atoms with Gasteiger partial charge in [0.1, 0.15) is 5.92 Å². The summed E-state index contributed by atoms with van der Waals surface area (Å²) in [4.78, 5) is 32.3. The topological polar surface area (TPSA) is 141 Å². The smallest absolute Gasteiger partial charge is 0.319 e. The Kier molecular flexibility index (Phi) is 3.24. The number of hydrogen-bond acceptors (Lipinski definition) is 4. The summed E-state index contributed by atoms with van der Waals surface area (Å²) >= 11 is 0. The molecule has 0 saturated carbocycles. The zero-order chi connectivity index (χ0) is 12.3. The van der Waals surface area contributed by atoms with Crippen molar-refractivity contribution in [3.8, 4) is 0 Å². The highest BCUT2D eigenvalue weighted by atomic mass is 16.4. The zero-order valence-electron chi connectivity index (χ0n) is 7.82. The summed E-state index contributed by atoms with van der Waals surface area (Å²) in [5.74, 6) is -8.78. The molecule has 0 aromatic carbocycles. The summed E-state index contributed by atoms with van der Waals surface area (Å²) in [7, 11) is 0. The summed E-state index contributed by atoms with van der Waals surface area (Å²) in [6.45, 7) is 0. The lowest BCUT2D eigenvalue weighted by atomic mass is 9.89. The molecule has 1 rings (SSSR count). The number of nitrogens with one attached hydrogen (secondary N) is 1. The van der Waals surface area contributed by atoms with E-state index < -0.39 is 29.7 Å². The van der Waals surface area contributed by atoms with Crippen molar-refractivity contribution in [3.05, 3.63) is 18.0 Å². The first-order valence-corrected chi connectivity index (χ1v) is 4.13. The second-order valence-electron chi connectivity index (χ2n) is 2.97. The summed E-state index contributed by atoms with van der Waals surface area (Å²) < 4.78 is 0. The van der Waals surface area contributed by atoms with E-state index in [9.17, 15) is 14.4 Å². The number of carbonyl (C=O) groups is 3. The molecule has 1 unspecified atom stereocenters. The normalized spacial score (nSPS) is 12.3. The Balaban J connectivity index is 3.15. The van der Waals surface area contributed by atoms with Crippen molar-refractivity contribution >= 4 is 17.9 Å². The van der Waals surface area contributed by atoms with Gasteiger partial charge in [0.05, 0.1) is 5.69 Å². The molecule has 0 amide bonds. The molecule has 0 spiro atoms. The largest absolute Gasteiger partial charge is 0.481 e. The first-order valence-electron chi connectivity index (χ1n) is 4.13. The molecule has 0 bridgehead atoms. The first-order chi connectivity index (χ1) is 7.45. The number of carboxylic acids is 3. The van der Waals surface area contributed by atoms with Crippen LogP contribution in [0.3, 0.4) is 0 Å². The van der Waals surface area contributed by atoms with E-state index in [0.717, 1.165) is 0 Å². The Hall–Kier alpha value is -2.38.